The van der Waals surface area contributed by atoms with Crippen LogP contribution >= 0.6 is 0 Å². The van der Waals surface area contributed by atoms with Gasteiger partial charge in [0.05, 0.1) is 6.04 Å². The molecule has 3 aromatic carbocycles. The van der Waals surface area contributed by atoms with Gasteiger partial charge in [0.25, 0.3) is 11.8 Å². The molecule has 0 saturated carbocycles. The maximum Gasteiger partial charge on any atom is 0.326 e. The number of carboxylic acids is 1. The second kappa shape index (κ2) is 11.1. The Hall–Kier alpha value is -3.97. The first-order valence-corrected chi connectivity index (χ1v) is 10.5. The van der Waals surface area contributed by atoms with Gasteiger partial charge in [-0.05, 0) is 30.2 Å². The summed E-state index contributed by atoms with van der Waals surface area (Å²) in [5.41, 5.74) is 2.59. The largest absolute Gasteiger partial charge is 0.480 e. The third-order valence-electron chi connectivity index (χ3n) is 5.20. The zero-order valence-electron chi connectivity index (χ0n) is 18.1. The molecule has 0 heterocycles. The first-order valence-electron chi connectivity index (χ1n) is 10.5. The molecule has 7 nitrogen and oxygen atoms in total. The molecule has 4 N–H and O–H groups in total. The number of carboxylic acid groups (broad SMARTS) is 1. The van der Waals surface area contributed by atoms with Crippen LogP contribution in [0.2, 0.25) is 0 Å². The molecule has 3 rings (SSSR count). The Morgan fingerprint density at radius 1 is 0.848 bits per heavy atom. The van der Waals surface area contributed by atoms with Crippen LogP contribution < -0.4 is 10.6 Å². The maximum absolute atomic E-state index is 12.9. The number of hydrogen-bond acceptors (Lipinski definition) is 4. The third-order valence-corrected chi connectivity index (χ3v) is 5.20. The third kappa shape index (κ3) is 6.51. The van der Waals surface area contributed by atoms with Gasteiger partial charge in [0.2, 0.25) is 0 Å². The summed E-state index contributed by atoms with van der Waals surface area (Å²) in [5, 5.41) is 25.6. The lowest BCUT2D eigenvalue weighted by Crippen LogP contribution is -2.50. The molecule has 3 aromatic rings. The van der Waals surface area contributed by atoms with Crippen molar-refractivity contribution in [1.82, 2.24) is 10.6 Å². The Morgan fingerprint density at radius 3 is 2.09 bits per heavy atom. The van der Waals surface area contributed by atoms with E-state index in [-0.39, 0.29) is 6.42 Å². The second-order valence-electron chi connectivity index (χ2n) is 7.77. The number of aliphatic hydroxyl groups is 1. The van der Waals surface area contributed by atoms with E-state index >= 15 is 0 Å². The number of aliphatic hydroxyl groups excluding tert-OH is 1. The number of aliphatic carboxylic acids is 1. The van der Waals surface area contributed by atoms with E-state index in [9.17, 15) is 24.6 Å². The van der Waals surface area contributed by atoms with E-state index in [0.717, 1.165) is 11.1 Å². The van der Waals surface area contributed by atoms with Crippen molar-refractivity contribution < 1.29 is 24.6 Å². The topological polar surface area (TPSA) is 116 Å². The van der Waals surface area contributed by atoms with Crippen LogP contribution in [0.15, 0.2) is 84.9 Å². The molecule has 33 heavy (non-hydrogen) atoms. The molecular weight excluding hydrogens is 420 g/mol. The highest BCUT2D eigenvalue weighted by Gasteiger charge is 2.32. The zero-order valence-corrected chi connectivity index (χ0v) is 18.1. The van der Waals surface area contributed by atoms with E-state index < -0.39 is 36.0 Å². The average Bonchev–Trinajstić information content (AvgIpc) is 2.82. The van der Waals surface area contributed by atoms with Crippen LogP contribution in [-0.2, 0) is 16.0 Å². The number of nitrogens with one attached hydrogen (secondary N) is 2. The Kier molecular flexibility index (Phi) is 7.94. The number of carbonyl (C=O) groups is 3. The second-order valence-corrected chi connectivity index (χ2v) is 7.77. The molecule has 0 spiro atoms. The number of rotatable bonds is 9. The predicted octanol–water partition coefficient (Wildman–Crippen LogP) is 2.64. The standard InChI is InChI=1S/C26H26N2O5/c1-17-9-8-10-18(15-17)16-21(26(32)33)27-25(31)23(29)22(19-11-4-2-5-12-19)28-24(30)20-13-6-3-7-14-20/h2-15,21-23,29H,16H2,1H3,(H,27,31)(H,28,30)(H,32,33)/t21-,22+,23-/m1/s1. The molecule has 3 atom stereocenters. The Morgan fingerprint density at radius 2 is 1.48 bits per heavy atom. The summed E-state index contributed by atoms with van der Waals surface area (Å²) in [6, 6.07) is 22.0. The lowest BCUT2D eigenvalue weighted by atomic mass is 9.99. The van der Waals surface area contributed by atoms with Crippen LogP contribution in [0.5, 0.6) is 0 Å². The number of carbonyl (C=O) groups excluding carboxylic acids is 2. The SMILES string of the molecule is Cc1cccc(C[C@@H](NC(=O)[C@H](O)[C@@H](NC(=O)c2ccccc2)c2ccccc2)C(=O)O)c1. The van der Waals surface area contributed by atoms with Gasteiger partial charge in [-0.3, -0.25) is 9.59 Å². The first kappa shape index (κ1) is 23.7. The zero-order chi connectivity index (χ0) is 23.8. The summed E-state index contributed by atoms with van der Waals surface area (Å²) in [6.07, 6.45) is -1.65. The van der Waals surface area contributed by atoms with Crippen LogP contribution in [0.25, 0.3) is 0 Å². The molecule has 0 unspecified atom stereocenters. The highest BCUT2D eigenvalue weighted by atomic mass is 16.4. The van der Waals surface area contributed by atoms with Crippen LogP contribution in [0.3, 0.4) is 0 Å². The molecule has 0 aliphatic carbocycles. The lowest BCUT2D eigenvalue weighted by Gasteiger charge is -2.25. The minimum atomic E-state index is -1.71. The fourth-order valence-corrected chi connectivity index (χ4v) is 3.50. The molecule has 7 heteroatoms. The minimum Gasteiger partial charge on any atom is -0.480 e. The van der Waals surface area contributed by atoms with Crippen molar-refractivity contribution in [1.29, 1.82) is 0 Å². The Labute approximate surface area is 192 Å². The van der Waals surface area contributed by atoms with Crippen molar-refractivity contribution in [3.63, 3.8) is 0 Å². The van der Waals surface area contributed by atoms with E-state index in [0.29, 0.717) is 11.1 Å². The highest BCUT2D eigenvalue weighted by Crippen LogP contribution is 2.19. The molecule has 2 amide bonds. The van der Waals surface area contributed by atoms with Gasteiger partial charge in [0, 0.05) is 12.0 Å². The van der Waals surface area contributed by atoms with Gasteiger partial charge >= 0.3 is 5.97 Å². The first-order chi connectivity index (χ1) is 15.8. The molecular formula is C26H26N2O5. The van der Waals surface area contributed by atoms with Crippen molar-refractivity contribution >= 4 is 17.8 Å². The Balaban J connectivity index is 1.79. The van der Waals surface area contributed by atoms with Crippen LogP contribution in [-0.4, -0.2) is 40.1 Å². The van der Waals surface area contributed by atoms with Crippen LogP contribution in [0.4, 0.5) is 0 Å². The van der Waals surface area contributed by atoms with E-state index in [1.807, 2.05) is 25.1 Å². The minimum absolute atomic E-state index is 0.0574. The quantitative estimate of drug-likeness (QED) is 0.403. The number of amides is 2. The average molecular weight is 447 g/mol. The number of aryl methyl sites for hydroxylation is 1. The normalized spacial score (nSPS) is 13.4. The Bertz CT molecular complexity index is 1100. The monoisotopic (exact) mass is 446 g/mol. The van der Waals surface area contributed by atoms with Crippen molar-refractivity contribution in [2.24, 2.45) is 0 Å². The van der Waals surface area contributed by atoms with E-state index in [2.05, 4.69) is 10.6 Å². The van der Waals surface area contributed by atoms with E-state index in [4.69, 9.17) is 0 Å². The van der Waals surface area contributed by atoms with Crippen molar-refractivity contribution in [2.75, 3.05) is 0 Å². The van der Waals surface area contributed by atoms with Crippen LogP contribution in [0, 0.1) is 6.92 Å². The summed E-state index contributed by atoms with van der Waals surface area (Å²) in [5.74, 6) is -2.58. The molecule has 0 fully saturated rings. The van der Waals surface area contributed by atoms with Gasteiger partial charge < -0.3 is 20.8 Å². The van der Waals surface area contributed by atoms with Gasteiger partial charge in [0.15, 0.2) is 6.10 Å². The van der Waals surface area contributed by atoms with Crippen LogP contribution in [0.1, 0.15) is 33.1 Å². The fraction of sp³-hybridized carbons (Fsp3) is 0.192. The van der Waals surface area contributed by atoms with Gasteiger partial charge in [-0.25, -0.2) is 4.79 Å². The smallest absolute Gasteiger partial charge is 0.326 e. The maximum atomic E-state index is 12.9. The molecule has 0 aromatic heterocycles. The van der Waals surface area contributed by atoms with Gasteiger partial charge in [-0.15, -0.1) is 0 Å². The van der Waals surface area contributed by atoms with Crippen molar-refractivity contribution in [2.45, 2.75) is 31.5 Å². The molecule has 0 aliphatic rings. The molecule has 170 valence electrons. The summed E-state index contributed by atoms with van der Waals surface area (Å²) in [7, 11) is 0. The van der Waals surface area contributed by atoms with E-state index in [1.54, 1.807) is 66.7 Å². The molecule has 0 saturated heterocycles. The lowest BCUT2D eigenvalue weighted by molar-refractivity contribution is -0.143. The van der Waals surface area contributed by atoms with Crippen molar-refractivity contribution in [3.8, 4) is 0 Å². The summed E-state index contributed by atoms with van der Waals surface area (Å²) in [4.78, 5) is 37.4. The summed E-state index contributed by atoms with van der Waals surface area (Å²) in [6.45, 7) is 1.89. The van der Waals surface area contributed by atoms with Gasteiger partial charge in [-0.1, -0.05) is 78.4 Å². The highest BCUT2D eigenvalue weighted by molar-refractivity contribution is 5.95. The van der Waals surface area contributed by atoms with Crippen molar-refractivity contribution in [3.05, 3.63) is 107 Å². The van der Waals surface area contributed by atoms with Gasteiger partial charge in [-0.2, -0.15) is 0 Å². The molecule has 0 aliphatic heterocycles. The number of benzene rings is 3. The fourth-order valence-electron chi connectivity index (χ4n) is 3.50. The number of hydrogen-bond donors (Lipinski definition) is 4. The predicted molar refractivity (Wildman–Crippen MR) is 124 cm³/mol. The molecule has 0 bridgehead atoms. The molecule has 0 radical (unpaired) electrons. The summed E-state index contributed by atoms with van der Waals surface area (Å²) < 4.78 is 0. The van der Waals surface area contributed by atoms with E-state index in [1.165, 1.54) is 0 Å². The van der Waals surface area contributed by atoms with Gasteiger partial charge in [0.1, 0.15) is 6.04 Å². The summed E-state index contributed by atoms with van der Waals surface area (Å²) >= 11 is 0.